The Morgan fingerprint density at radius 1 is 0.269 bits per heavy atom. The van der Waals surface area contributed by atoms with Crippen LogP contribution >= 0.6 is 0 Å². The molecule has 0 aliphatic rings. The van der Waals surface area contributed by atoms with Gasteiger partial charge >= 0.3 is 17.9 Å². The first-order chi connectivity index (χ1) is 38.5. The molecular weight excluding hydrogens is 961 g/mol. The molecule has 0 heterocycles. The summed E-state index contributed by atoms with van der Waals surface area (Å²) in [5, 5.41) is 0. The molecule has 0 saturated heterocycles. The van der Waals surface area contributed by atoms with E-state index in [0.717, 1.165) is 83.5 Å². The van der Waals surface area contributed by atoms with Gasteiger partial charge in [0, 0.05) is 19.3 Å². The quantitative estimate of drug-likeness (QED) is 0.0261. The zero-order chi connectivity index (χ0) is 56.4. The third-order valence-electron chi connectivity index (χ3n) is 14.3. The average Bonchev–Trinajstić information content (AvgIpc) is 3.44. The van der Waals surface area contributed by atoms with E-state index in [9.17, 15) is 14.4 Å². The van der Waals surface area contributed by atoms with Gasteiger partial charge in [-0.2, -0.15) is 0 Å². The number of carbonyl (C=O) groups is 3. The van der Waals surface area contributed by atoms with E-state index < -0.39 is 6.10 Å². The minimum Gasteiger partial charge on any atom is -0.462 e. The van der Waals surface area contributed by atoms with Gasteiger partial charge in [0.15, 0.2) is 6.10 Å². The minimum absolute atomic E-state index is 0.0962. The van der Waals surface area contributed by atoms with E-state index in [-0.39, 0.29) is 37.5 Å². The largest absolute Gasteiger partial charge is 0.462 e. The molecule has 6 heteroatoms. The van der Waals surface area contributed by atoms with E-state index >= 15 is 0 Å². The highest BCUT2D eigenvalue weighted by Gasteiger charge is 2.19. The lowest BCUT2D eigenvalue weighted by atomic mass is 10.0. The fraction of sp³-hybridized carbons (Fsp3) is 0.736. The molecule has 0 radical (unpaired) electrons. The molecule has 0 fully saturated rings. The summed E-state index contributed by atoms with van der Waals surface area (Å²) >= 11 is 0. The molecule has 0 aliphatic heterocycles. The van der Waals surface area contributed by atoms with Gasteiger partial charge in [0.1, 0.15) is 13.2 Å². The zero-order valence-corrected chi connectivity index (χ0v) is 51.4. The predicted molar refractivity (Wildman–Crippen MR) is 339 cm³/mol. The van der Waals surface area contributed by atoms with E-state index in [1.807, 2.05) is 0 Å². The summed E-state index contributed by atoms with van der Waals surface area (Å²) in [6.45, 7) is 6.49. The maximum Gasteiger partial charge on any atom is 0.306 e. The van der Waals surface area contributed by atoms with E-state index in [1.165, 1.54) is 193 Å². The Kier molecular flexibility index (Phi) is 62.7. The minimum atomic E-state index is -0.805. The van der Waals surface area contributed by atoms with Gasteiger partial charge in [-0.3, -0.25) is 14.4 Å². The molecule has 0 bridgehead atoms. The van der Waals surface area contributed by atoms with Crippen molar-refractivity contribution in [2.24, 2.45) is 0 Å². The van der Waals surface area contributed by atoms with Gasteiger partial charge < -0.3 is 14.2 Å². The topological polar surface area (TPSA) is 78.9 Å². The summed E-state index contributed by atoms with van der Waals surface area (Å²) in [6.07, 6.45) is 88.5. The molecule has 78 heavy (non-hydrogen) atoms. The van der Waals surface area contributed by atoms with E-state index in [4.69, 9.17) is 14.2 Å². The lowest BCUT2D eigenvalue weighted by Crippen LogP contribution is -2.30. The Bertz CT molecular complexity index is 1530. The van der Waals surface area contributed by atoms with Crippen molar-refractivity contribution in [2.45, 2.75) is 329 Å². The molecular formula is C72H124O6. The second-order valence-electron chi connectivity index (χ2n) is 22.0. The molecule has 0 N–H and O–H groups in total. The van der Waals surface area contributed by atoms with Crippen molar-refractivity contribution in [3.05, 3.63) is 97.2 Å². The summed E-state index contributed by atoms with van der Waals surface area (Å²) in [4.78, 5) is 38.4. The number of unbranched alkanes of at least 4 members (excludes halogenated alkanes) is 33. The third-order valence-corrected chi connectivity index (χ3v) is 14.3. The molecule has 0 amide bonds. The molecule has 0 spiro atoms. The van der Waals surface area contributed by atoms with Crippen LogP contribution in [0.15, 0.2) is 97.2 Å². The molecule has 0 rings (SSSR count). The Morgan fingerprint density at radius 3 is 0.846 bits per heavy atom. The van der Waals surface area contributed by atoms with Crippen molar-refractivity contribution in [3.8, 4) is 0 Å². The van der Waals surface area contributed by atoms with Gasteiger partial charge in [0.2, 0.25) is 0 Å². The van der Waals surface area contributed by atoms with Gasteiger partial charge in [0.25, 0.3) is 0 Å². The molecule has 0 aliphatic carbocycles. The van der Waals surface area contributed by atoms with Gasteiger partial charge in [-0.05, 0) is 116 Å². The van der Waals surface area contributed by atoms with Crippen LogP contribution in [-0.4, -0.2) is 37.2 Å². The second-order valence-corrected chi connectivity index (χ2v) is 22.0. The van der Waals surface area contributed by atoms with Crippen molar-refractivity contribution in [1.82, 2.24) is 0 Å². The maximum atomic E-state index is 12.9. The summed E-state index contributed by atoms with van der Waals surface area (Å²) < 4.78 is 16.9. The summed E-state index contributed by atoms with van der Waals surface area (Å²) in [6, 6.07) is 0. The van der Waals surface area contributed by atoms with Crippen LogP contribution < -0.4 is 0 Å². The monoisotopic (exact) mass is 1080 g/mol. The molecule has 448 valence electrons. The molecule has 0 saturated carbocycles. The number of rotatable bonds is 60. The fourth-order valence-electron chi connectivity index (χ4n) is 9.33. The normalized spacial score (nSPS) is 12.7. The van der Waals surface area contributed by atoms with Crippen LogP contribution in [0.4, 0.5) is 0 Å². The number of hydrogen-bond acceptors (Lipinski definition) is 6. The second kappa shape index (κ2) is 65.8. The fourth-order valence-corrected chi connectivity index (χ4v) is 9.33. The van der Waals surface area contributed by atoms with Crippen molar-refractivity contribution in [1.29, 1.82) is 0 Å². The molecule has 0 aromatic rings. The van der Waals surface area contributed by atoms with Gasteiger partial charge in [0.05, 0.1) is 0 Å². The first-order valence-electron chi connectivity index (χ1n) is 33.2. The number of carbonyl (C=O) groups excluding carboxylic acids is 3. The Balaban J connectivity index is 4.39. The van der Waals surface area contributed by atoms with Crippen molar-refractivity contribution >= 4 is 17.9 Å². The predicted octanol–water partition coefficient (Wildman–Crippen LogP) is 22.8. The van der Waals surface area contributed by atoms with Crippen LogP contribution in [-0.2, 0) is 28.6 Å². The highest BCUT2D eigenvalue weighted by molar-refractivity contribution is 5.71. The highest BCUT2D eigenvalue weighted by Crippen LogP contribution is 2.16. The standard InChI is InChI=1S/C72H124O6/c1-4-7-10-13-16-19-22-25-28-31-33-34-35-36-37-38-39-42-44-47-50-53-56-59-62-65-71(74)77-68-69(67-76-70(73)64-61-58-55-52-49-46-43-40-30-27-24-21-18-15-12-9-6-3)78-72(75)66-63-60-57-54-51-48-45-41-32-29-26-23-20-17-14-11-8-5-2/h9,12,18,21-22,25,27,29-33,43,46,52,55,69H,4-8,10-11,13-17,19-20,23-24,26,28,34-42,44-45,47-51,53-54,56-68H2,1-3H3/b12-9-,21-18-,25-22-,30-27-,32-29-,33-31-,46-43-,55-52-. The molecule has 0 aromatic carbocycles. The van der Waals surface area contributed by atoms with Crippen molar-refractivity contribution in [2.75, 3.05) is 13.2 Å². The number of allylic oxidation sites excluding steroid dienone is 16. The van der Waals surface area contributed by atoms with Crippen LogP contribution in [0.1, 0.15) is 323 Å². The van der Waals surface area contributed by atoms with Gasteiger partial charge in [-0.25, -0.2) is 0 Å². The van der Waals surface area contributed by atoms with Crippen molar-refractivity contribution < 1.29 is 28.6 Å². The third kappa shape index (κ3) is 63.2. The van der Waals surface area contributed by atoms with Crippen LogP contribution in [0.5, 0.6) is 0 Å². The van der Waals surface area contributed by atoms with Crippen LogP contribution in [0.3, 0.4) is 0 Å². The Hall–Kier alpha value is -3.67. The molecule has 6 nitrogen and oxygen atoms in total. The SMILES string of the molecule is CC/C=C\C/C=C\C/C=C\C/C=C\C/C=C\CCCC(=O)OCC(COC(=O)CCCCCCCCCCCCCCC/C=C\C/C=C\CCCCCCC)OC(=O)CCCCCCCCC/C=C\CCCCCCCCC. The Labute approximate surface area is 483 Å². The number of hydrogen-bond donors (Lipinski definition) is 0. The lowest BCUT2D eigenvalue weighted by molar-refractivity contribution is -0.167. The summed E-state index contributed by atoms with van der Waals surface area (Å²) in [5.74, 6) is -0.951. The summed E-state index contributed by atoms with van der Waals surface area (Å²) in [7, 11) is 0. The summed E-state index contributed by atoms with van der Waals surface area (Å²) in [5.41, 5.74) is 0. The number of esters is 3. The zero-order valence-electron chi connectivity index (χ0n) is 51.4. The van der Waals surface area contributed by atoms with Gasteiger partial charge in [-0.1, -0.05) is 285 Å². The van der Waals surface area contributed by atoms with E-state index in [0.29, 0.717) is 19.3 Å². The number of ether oxygens (including phenoxy) is 3. The van der Waals surface area contributed by atoms with Crippen molar-refractivity contribution in [3.63, 3.8) is 0 Å². The van der Waals surface area contributed by atoms with Crippen LogP contribution in [0, 0.1) is 0 Å². The van der Waals surface area contributed by atoms with Gasteiger partial charge in [-0.15, -0.1) is 0 Å². The Morgan fingerprint density at radius 2 is 0.513 bits per heavy atom. The van der Waals surface area contributed by atoms with Crippen LogP contribution in [0.2, 0.25) is 0 Å². The first kappa shape index (κ1) is 74.3. The average molecular weight is 1090 g/mol. The maximum absolute atomic E-state index is 12.9. The smallest absolute Gasteiger partial charge is 0.306 e. The van der Waals surface area contributed by atoms with E-state index in [2.05, 4.69) is 118 Å². The van der Waals surface area contributed by atoms with Crippen LogP contribution in [0.25, 0.3) is 0 Å². The lowest BCUT2D eigenvalue weighted by Gasteiger charge is -2.18. The van der Waals surface area contributed by atoms with E-state index in [1.54, 1.807) is 0 Å². The molecule has 1 unspecified atom stereocenters. The first-order valence-corrected chi connectivity index (χ1v) is 33.2. The highest BCUT2D eigenvalue weighted by atomic mass is 16.6. The molecule has 0 aromatic heterocycles. The molecule has 1 atom stereocenters.